The van der Waals surface area contributed by atoms with Crippen molar-refractivity contribution in [3.8, 4) is 0 Å². The van der Waals surface area contributed by atoms with E-state index < -0.39 is 12.0 Å². The first-order valence-electron chi connectivity index (χ1n) is 5.82. The Morgan fingerprint density at radius 2 is 2.29 bits per heavy atom. The highest BCUT2D eigenvalue weighted by molar-refractivity contribution is 5.67. The van der Waals surface area contributed by atoms with Crippen LogP contribution in [0.5, 0.6) is 0 Å². The molecule has 1 aromatic carbocycles. The molecule has 1 aromatic rings. The highest BCUT2D eigenvalue weighted by Crippen LogP contribution is 2.27. The summed E-state index contributed by atoms with van der Waals surface area (Å²) in [4.78, 5) is 12.9. The molecule has 1 saturated heterocycles. The van der Waals surface area contributed by atoms with Gasteiger partial charge in [-0.2, -0.15) is 0 Å². The van der Waals surface area contributed by atoms with E-state index in [9.17, 15) is 4.79 Å². The van der Waals surface area contributed by atoms with Crippen LogP contribution >= 0.6 is 0 Å². The normalized spacial score (nSPS) is 18.7. The van der Waals surface area contributed by atoms with Crippen LogP contribution in [-0.4, -0.2) is 36.1 Å². The molecule has 0 aromatic heterocycles. The third-order valence-electron chi connectivity index (χ3n) is 3.27. The molecule has 1 aliphatic rings. The molecule has 1 aliphatic heterocycles. The van der Waals surface area contributed by atoms with E-state index in [1.54, 1.807) is 0 Å². The van der Waals surface area contributed by atoms with E-state index in [4.69, 9.17) is 10.8 Å². The molecule has 0 amide bonds. The fourth-order valence-electron chi connectivity index (χ4n) is 2.26. The van der Waals surface area contributed by atoms with E-state index in [1.807, 2.05) is 18.2 Å². The van der Waals surface area contributed by atoms with E-state index >= 15 is 0 Å². The van der Waals surface area contributed by atoms with E-state index in [2.05, 4.69) is 18.0 Å². The molecule has 0 aliphatic carbocycles. The van der Waals surface area contributed by atoms with Crippen LogP contribution in [0.3, 0.4) is 0 Å². The summed E-state index contributed by atoms with van der Waals surface area (Å²) >= 11 is 0. The Kier molecular flexibility index (Phi) is 3.45. The molecular formula is C13H18N2O2. The molecule has 17 heavy (non-hydrogen) atoms. The summed E-state index contributed by atoms with van der Waals surface area (Å²) in [6.07, 6.45) is -0.0198. The summed E-state index contributed by atoms with van der Waals surface area (Å²) in [5, 5.41) is 8.73. The molecule has 0 spiro atoms. The van der Waals surface area contributed by atoms with Crippen molar-refractivity contribution in [2.75, 3.05) is 20.1 Å². The molecule has 1 fully saturated rings. The minimum Gasteiger partial charge on any atom is -0.481 e. The zero-order valence-electron chi connectivity index (χ0n) is 9.97. The summed E-state index contributed by atoms with van der Waals surface area (Å²) in [6.45, 7) is 2.13. The first-order chi connectivity index (χ1) is 8.06. The molecule has 1 heterocycles. The molecule has 1 atom stereocenters. The predicted octanol–water partition coefficient (Wildman–Crippen LogP) is 1.19. The summed E-state index contributed by atoms with van der Waals surface area (Å²) in [6, 6.07) is 7.59. The Morgan fingerprint density at radius 1 is 1.59 bits per heavy atom. The second kappa shape index (κ2) is 4.85. The van der Waals surface area contributed by atoms with Gasteiger partial charge in [0.25, 0.3) is 0 Å². The number of hydrogen-bond donors (Lipinski definition) is 2. The molecule has 4 nitrogen and oxygen atoms in total. The highest BCUT2D eigenvalue weighted by atomic mass is 16.4. The van der Waals surface area contributed by atoms with E-state index in [1.165, 1.54) is 5.56 Å². The van der Waals surface area contributed by atoms with Gasteiger partial charge in [0, 0.05) is 25.0 Å². The molecule has 4 heteroatoms. The third-order valence-corrected chi connectivity index (χ3v) is 3.27. The van der Waals surface area contributed by atoms with Crippen LogP contribution in [0.2, 0.25) is 0 Å². The van der Waals surface area contributed by atoms with Crippen LogP contribution < -0.4 is 5.73 Å². The van der Waals surface area contributed by atoms with Gasteiger partial charge in [-0.05, 0) is 18.2 Å². The molecule has 0 radical (unpaired) electrons. The van der Waals surface area contributed by atoms with Crippen molar-refractivity contribution in [1.82, 2.24) is 4.90 Å². The van der Waals surface area contributed by atoms with Gasteiger partial charge in [0.2, 0.25) is 0 Å². The average molecular weight is 234 g/mol. The first-order valence-corrected chi connectivity index (χ1v) is 5.82. The van der Waals surface area contributed by atoms with E-state index in [0.717, 1.165) is 18.7 Å². The summed E-state index contributed by atoms with van der Waals surface area (Å²) in [5.41, 5.74) is 8.04. The van der Waals surface area contributed by atoms with Gasteiger partial charge < -0.3 is 15.7 Å². The Bertz CT molecular complexity index is 414. The Labute approximate surface area is 101 Å². The standard InChI is InChI=1S/C13H18N2O2/c1-15-7-11(8-15)9-3-2-4-10(5-9)12(14)6-13(16)17/h2-5,11-12H,6-8,14H2,1H3,(H,16,17). The maximum Gasteiger partial charge on any atom is 0.305 e. The van der Waals surface area contributed by atoms with Crippen molar-refractivity contribution in [2.24, 2.45) is 5.73 Å². The van der Waals surface area contributed by atoms with Gasteiger partial charge in [-0.25, -0.2) is 0 Å². The summed E-state index contributed by atoms with van der Waals surface area (Å²) in [5.74, 6) is -0.289. The number of carboxylic acid groups (broad SMARTS) is 1. The lowest BCUT2D eigenvalue weighted by Gasteiger charge is -2.36. The lowest BCUT2D eigenvalue weighted by Crippen LogP contribution is -2.41. The molecule has 92 valence electrons. The van der Waals surface area contributed by atoms with Gasteiger partial charge in [0.15, 0.2) is 0 Å². The highest BCUT2D eigenvalue weighted by Gasteiger charge is 2.25. The van der Waals surface area contributed by atoms with Gasteiger partial charge >= 0.3 is 5.97 Å². The van der Waals surface area contributed by atoms with Crippen molar-refractivity contribution in [3.05, 3.63) is 35.4 Å². The fraction of sp³-hybridized carbons (Fsp3) is 0.462. The number of nitrogens with two attached hydrogens (primary N) is 1. The smallest absolute Gasteiger partial charge is 0.305 e. The Hall–Kier alpha value is -1.39. The van der Waals surface area contributed by atoms with Crippen molar-refractivity contribution in [2.45, 2.75) is 18.4 Å². The molecule has 0 saturated carbocycles. The van der Waals surface area contributed by atoms with Crippen LogP contribution in [-0.2, 0) is 4.79 Å². The van der Waals surface area contributed by atoms with Crippen molar-refractivity contribution in [1.29, 1.82) is 0 Å². The minimum atomic E-state index is -0.855. The van der Waals surface area contributed by atoms with Gasteiger partial charge in [-0.1, -0.05) is 24.3 Å². The van der Waals surface area contributed by atoms with E-state index in [-0.39, 0.29) is 6.42 Å². The van der Waals surface area contributed by atoms with E-state index in [0.29, 0.717) is 5.92 Å². The van der Waals surface area contributed by atoms with Crippen LogP contribution in [0.1, 0.15) is 29.5 Å². The first kappa shape index (κ1) is 12.1. The molecule has 2 rings (SSSR count). The quantitative estimate of drug-likeness (QED) is 0.821. The van der Waals surface area contributed by atoms with Crippen LogP contribution in [0.4, 0.5) is 0 Å². The monoisotopic (exact) mass is 234 g/mol. The number of nitrogens with zero attached hydrogens (tertiary/aromatic N) is 1. The van der Waals surface area contributed by atoms with Gasteiger partial charge in [0.1, 0.15) is 0 Å². The number of aliphatic carboxylic acids is 1. The second-order valence-corrected chi connectivity index (χ2v) is 4.79. The zero-order chi connectivity index (χ0) is 12.4. The predicted molar refractivity (Wildman–Crippen MR) is 65.9 cm³/mol. The lowest BCUT2D eigenvalue weighted by molar-refractivity contribution is -0.137. The average Bonchev–Trinajstić information content (AvgIpc) is 2.24. The van der Waals surface area contributed by atoms with Crippen molar-refractivity contribution >= 4 is 5.97 Å². The lowest BCUT2D eigenvalue weighted by atomic mass is 9.89. The van der Waals surface area contributed by atoms with Crippen LogP contribution in [0, 0.1) is 0 Å². The summed E-state index contributed by atoms with van der Waals surface area (Å²) < 4.78 is 0. The minimum absolute atomic E-state index is 0.0198. The maximum absolute atomic E-state index is 10.6. The number of carbonyl (C=O) groups is 1. The largest absolute Gasteiger partial charge is 0.481 e. The van der Waals surface area contributed by atoms with Crippen LogP contribution in [0.25, 0.3) is 0 Å². The topological polar surface area (TPSA) is 66.6 Å². The van der Waals surface area contributed by atoms with Gasteiger partial charge in [0.05, 0.1) is 6.42 Å². The SMILES string of the molecule is CN1CC(c2cccc(C(N)CC(=O)O)c2)C1. The number of benzene rings is 1. The maximum atomic E-state index is 10.6. The Balaban J connectivity index is 2.08. The second-order valence-electron chi connectivity index (χ2n) is 4.79. The molecule has 1 unspecified atom stereocenters. The van der Waals surface area contributed by atoms with Crippen molar-refractivity contribution < 1.29 is 9.90 Å². The Morgan fingerprint density at radius 3 is 2.88 bits per heavy atom. The summed E-state index contributed by atoms with van der Waals surface area (Å²) in [7, 11) is 2.09. The molecule has 3 N–H and O–H groups in total. The number of hydrogen-bond acceptors (Lipinski definition) is 3. The van der Waals surface area contributed by atoms with Gasteiger partial charge in [-0.3, -0.25) is 4.79 Å². The number of likely N-dealkylation sites (N-methyl/N-ethyl adjacent to an activating group) is 1. The van der Waals surface area contributed by atoms with Crippen LogP contribution in [0.15, 0.2) is 24.3 Å². The molecular weight excluding hydrogens is 216 g/mol. The zero-order valence-corrected chi connectivity index (χ0v) is 9.97. The number of rotatable bonds is 4. The fourth-order valence-corrected chi connectivity index (χ4v) is 2.26. The number of carboxylic acids is 1. The molecule has 0 bridgehead atoms. The number of likely N-dealkylation sites (tertiary alicyclic amines) is 1. The third kappa shape index (κ3) is 2.84. The van der Waals surface area contributed by atoms with Gasteiger partial charge in [-0.15, -0.1) is 0 Å². The van der Waals surface area contributed by atoms with Crippen molar-refractivity contribution in [3.63, 3.8) is 0 Å².